The highest BCUT2D eigenvalue weighted by molar-refractivity contribution is 7.89. The Balaban J connectivity index is 1.44. The lowest BCUT2D eigenvalue weighted by atomic mass is 10.3. The van der Waals surface area contributed by atoms with E-state index in [0.717, 1.165) is 17.1 Å². The molecule has 0 aliphatic carbocycles. The van der Waals surface area contributed by atoms with Crippen LogP contribution in [0, 0.1) is 0 Å². The number of ether oxygens (including phenoxy) is 2. The van der Waals surface area contributed by atoms with E-state index in [4.69, 9.17) is 9.47 Å². The fourth-order valence-electron chi connectivity index (χ4n) is 3.42. The first-order valence-electron chi connectivity index (χ1n) is 10.7. The third-order valence-electron chi connectivity index (χ3n) is 5.35. The SMILES string of the molecule is COc1ccc(S(=O)(=O)N(C)CC(=O)NCCOc2ccc(S(=O)(=O)N3CCCC3)cc2)cc1. The van der Waals surface area contributed by atoms with Gasteiger partial charge in [-0.1, -0.05) is 0 Å². The highest BCUT2D eigenvalue weighted by Crippen LogP contribution is 2.23. The molecule has 1 aliphatic rings. The maximum atomic E-state index is 12.6. The van der Waals surface area contributed by atoms with E-state index in [0.29, 0.717) is 24.6 Å². The molecule has 34 heavy (non-hydrogen) atoms. The lowest BCUT2D eigenvalue weighted by Crippen LogP contribution is -2.39. The minimum Gasteiger partial charge on any atom is -0.497 e. The van der Waals surface area contributed by atoms with Gasteiger partial charge in [-0.2, -0.15) is 8.61 Å². The molecule has 0 atom stereocenters. The molecule has 10 nitrogen and oxygen atoms in total. The van der Waals surface area contributed by atoms with Gasteiger partial charge >= 0.3 is 0 Å². The Kier molecular flexibility index (Phi) is 8.52. The molecule has 1 heterocycles. The normalized spacial score (nSPS) is 14.8. The molecule has 1 amide bonds. The van der Waals surface area contributed by atoms with Gasteiger partial charge in [0.1, 0.15) is 18.1 Å². The molecule has 186 valence electrons. The molecular weight excluding hydrogens is 482 g/mol. The zero-order valence-corrected chi connectivity index (χ0v) is 20.8. The second-order valence-corrected chi connectivity index (χ2v) is 11.7. The highest BCUT2D eigenvalue weighted by Gasteiger charge is 2.27. The van der Waals surface area contributed by atoms with E-state index >= 15 is 0 Å². The summed E-state index contributed by atoms with van der Waals surface area (Å²) in [7, 11) is -4.49. The number of hydrogen-bond donors (Lipinski definition) is 1. The van der Waals surface area contributed by atoms with E-state index in [1.165, 1.54) is 54.9 Å². The molecule has 1 N–H and O–H groups in total. The summed E-state index contributed by atoms with van der Waals surface area (Å²) in [4.78, 5) is 12.4. The van der Waals surface area contributed by atoms with E-state index in [2.05, 4.69) is 5.32 Å². The molecule has 0 unspecified atom stereocenters. The van der Waals surface area contributed by atoms with E-state index in [1.54, 1.807) is 12.1 Å². The molecule has 0 spiro atoms. The van der Waals surface area contributed by atoms with Crippen LogP contribution in [0.5, 0.6) is 11.5 Å². The molecule has 0 bridgehead atoms. The number of nitrogens with one attached hydrogen (secondary N) is 1. The molecule has 2 aromatic carbocycles. The second-order valence-electron chi connectivity index (χ2n) is 7.72. The summed E-state index contributed by atoms with van der Waals surface area (Å²) < 4.78 is 63.3. The fourth-order valence-corrected chi connectivity index (χ4v) is 6.06. The first-order chi connectivity index (χ1) is 16.1. The molecule has 0 aromatic heterocycles. The van der Waals surface area contributed by atoms with Crippen LogP contribution in [0.2, 0.25) is 0 Å². The summed E-state index contributed by atoms with van der Waals surface area (Å²) in [6.45, 7) is 1.02. The largest absolute Gasteiger partial charge is 0.497 e. The summed E-state index contributed by atoms with van der Waals surface area (Å²) in [5.41, 5.74) is 0. The molecule has 2 aromatic rings. The average molecular weight is 512 g/mol. The fraction of sp³-hybridized carbons (Fsp3) is 0.409. The van der Waals surface area contributed by atoms with Gasteiger partial charge in [-0.15, -0.1) is 0 Å². The van der Waals surface area contributed by atoms with Gasteiger partial charge in [-0.05, 0) is 61.4 Å². The van der Waals surface area contributed by atoms with Crippen LogP contribution in [0.25, 0.3) is 0 Å². The van der Waals surface area contributed by atoms with Crippen molar-refractivity contribution in [2.24, 2.45) is 0 Å². The van der Waals surface area contributed by atoms with Crippen molar-refractivity contribution in [1.29, 1.82) is 0 Å². The average Bonchev–Trinajstić information content (AvgIpc) is 3.38. The van der Waals surface area contributed by atoms with Crippen molar-refractivity contribution < 1.29 is 31.1 Å². The van der Waals surface area contributed by atoms with E-state index < -0.39 is 26.0 Å². The summed E-state index contributed by atoms with van der Waals surface area (Å²) >= 11 is 0. The third-order valence-corrected chi connectivity index (χ3v) is 9.08. The van der Waals surface area contributed by atoms with Crippen molar-refractivity contribution in [3.63, 3.8) is 0 Å². The lowest BCUT2D eigenvalue weighted by molar-refractivity contribution is -0.121. The number of sulfonamides is 2. The van der Waals surface area contributed by atoms with Gasteiger partial charge in [-0.25, -0.2) is 16.8 Å². The van der Waals surface area contributed by atoms with Gasteiger partial charge in [-0.3, -0.25) is 4.79 Å². The van der Waals surface area contributed by atoms with E-state index in [1.807, 2.05) is 0 Å². The van der Waals surface area contributed by atoms with Crippen molar-refractivity contribution in [3.05, 3.63) is 48.5 Å². The standard InChI is InChI=1S/C22H29N3O7S2/c1-24(33(27,28)20-9-5-18(31-2)6-10-20)17-22(26)23-13-16-32-19-7-11-21(12-8-19)34(29,30)25-14-3-4-15-25/h5-12H,3-4,13-17H2,1-2H3,(H,23,26). The Hall–Kier alpha value is -2.67. The molecule has 0 saturated carbocycles. The quantitative estimate of drug-likeness (QED) is 0.451. The Bertz CT molecular complexity index is 1180. The monoisotopic (exact) mass is 511 g/mol. The smallest absolute Gasteiger partial charge is 0.243 e. The number of rotatable bonds is 11. The van der Waals surface area contributed by atoms with Gasteiger partial charge in [0.25, 0.3) is 0 Å². The van der Waals surface area contributed by atoms with Gasteiger partial charge in [0.15, 0.2) is 0 Å². The van der Waals surface area contributed by atoms with Crippen LogP contribution in [0.1, 0.15) is 12.8 Å². The maximum absolute atomic E-state index is 12.6. The van der Waals surface area contributed by atoms with Crippen LogP contribution in [0.3, 0.4) is 0 Å². The number of benzene rings is 2. The molecule has 1 aliphatic heterocycles. The maximum Gasteiger partial charge on any atom is 0.243 e. The van der Waals surface area contributed by atoms with E-state index in [-0.39, 0.29) is 29.5 Å². The summed E-state index contributed by atoms with van der Waals surface area (Å²) in [5.74, 6) is 0.520. The Morgan fingerprint density at radius 3 is 2.09 bits per heavy atom. The van der Waals surface area contributed by atoms with Crippen LogP contribution in [0.4, 0.5) is 0 Å². The molecule has 1 saturated heterocycles. The Morgan fingerprint density at radius 1 is 0.941 bits per heavy atom. The predicted octanol–water partition coefficient (Wildman–Crippen LogP) is 1.30. The minimum atomic E-state index is -3.82. The number of carbonyl (C=O) groups is 1. The molecule has 1 fully saturated rings. The van der Waals surface area contributed by atoms with Crippen molar-refractivity contribution in [1.82, 2.24) is 13.9 Å². The molecule has 12 heteroatoms. The van der Waals surface area contributed by atoms with Crippen LogP contribution in [-0.2, 0) is 24.8 Å². The first-order valence-corrected chi connectivity index (χ1v) is 13.6. The van der Waals surface area contributed by atoms with Crippen LogP contribution in [0.15, 0.2) is 58.3 Å². The van der Waals surface area contributed by atoms with Gasteiger partial charge in [0.2, 0.25) is 26.0 Å². The number of hydrogen-bond acceptors (Lipinski definition) is 7. The third kappa shape index (κ3) is 6.26. The van der Waals surface area contributed by atoms with Crippen molar-refractivity contribution in [3.8, 4) is 11.5 Å². The number of amides is 1. The topological polar surface area (TPSA) is 122 Å². The number of likely N-dealkylation sites (N-methyl/N-ethyl adjacent to an activating group) is 1. The number of methoxy groups -OCH3 is 1. The Labute approximate surface area is 200 Å². The van der Waals surface area contributed by atoms with Crippen molar-refractivity contribution in [2.75, 3.05) is 46.9 Å². The zero-order chi connectivity index (χ0) is 24.8. The summed E-state index contributed by atoms with van der Waals surface area (Å²) in [6, 6.07) is 12.0. The number of carbonyl (C=O) groups excluding carboxylic acids is 1. The first kappa shape index (κ1) is 25.9. The van der Waals surface area contributed by atoms with Crippen LogP contribution < -0.4 is 14.8 Å². The van der Waals surface area contributed by atoms with Crippen LogP contribution in [-0.4, -0.2) is 78.3 Å². The Morgan fingerprint density at radius 2 is 1.50 bits per heavy atom. The van der Waals surface area contributed by atoms with Crippen LogP contribution >= 0.6 is 0 Å². The van der Waals surface area contributed by atoms with Crippen molar-refractivity contribution >= 4 is 26.0 Å². The second kappa shape index (κ2) is 11.2. The van der Waals surface area contributed by atoms with Gasteiger partial charge in [0.05, 0.1) is 30.0 Å². The van der Waals surface area contributed by atoms with E-state index in [9.17, 15) is 21.6 Å². The molecule has 0 radical (unpaired) electrons. The number of nitrogens with zero attached hydrogens (tertiary/aromatic N) is 2. The predicted molar refractivity (Wildman–Crippen MR) is 126 cm³/mol. The minimum absolute atomic E-state index is 0.0575. The van der Waals surface area contributed by atoms with Gasteiger partial charge < -0.3 is 14.8 Å². The van der Waals surface area contributed by atoms with Crippen molar-refractivity contribution in [2.45, 2.75) is 22.6 Å². The zero-order valence-electron chi connectivity index (χ0n) is 19.1. The van der Waals surface area contributed by atoms with Gasteiger partial charge in [0, 0.05) is 20.1 Å². The summed E-state index contributed by atoms with van der Waals surface area (Å²) in [6.07, 6.45) is 1.74. The molecular formula is C22H29N3O7S2. The lowest BCUT2D eigenvalue weighted by Gasteiger charge is -2.17. The molecule has 3 rings (SSSR count). The summed E-state index contributed by atoms with van der Waals surface area (Å²) in [5, 5.41) is 2.61. The highest BCUT2D eigenvalue weighted by atomic mass is 32.2.